The van der Waals surface area contributed by atoms with Gasteiger partial charge in [0.05, 0.1) is 26.7 Å². The molecule has 8 nitrogen and oxygen atoms in total. The number of nitrogens with zero attached hydrogens (tertiary/aromatic N) is 2. The third-order valence-electron chi connectivity index (χ3n) is 4.87. The van der Waals surface area contributed by atoms with Gasteiger partial charge in [-0.3, -0.25) is 4.72 Å². The number of halogens is 3. The number of anilines is 2. The molecule has 0 saturated carbocycles. The van der Waals surface area contributed by atoms with E-state index in [0.29, 0.717) is 31.9 Å². The molecule has 2 aromatic rings. The van der Waals surface area contributed by atoms with Gasteiger partial charge in [-0.05, 0) is 49.5 Å². The predicted octanol–water partition coefficient (Wildman–Crippen LogP) is 1.91. The average Bonchev–Trinajstić information content (AvgIpc) is 2.67. The number of nitrogens with two attached hydrogens (primary N) is 1. The van der Waals surface area contributed by atoms with E-state index in [1.807, 2.05) is 11.9 Å². The van der Waals surface area contributed by atoms with Crippen LogP contribution in [0.3, 0.4) is 0 Å². The highest BCUT2D eigenvalue weighted by Crippen LogP contribution is 2.36. The summed E-state index contributed by atoms with van der Waals surface area (Å²) in [6.45, 7) is 2.36. The number of hydrogen-bond donors (Lipinski definition) is 2. The first-order valence-electron chi connectivity index (χ1n) is 9.08. The Bertz CT molecular complexity index is 1160. The van der Waals surface area contributed by atoms with Crippen LogP contribution in [0.2, 0.25) is 0 Å². The topological polar surface area (TPSA) is 113 Å². The Balaban J connectivity index is 1.99. The van der Waals surface area contributed by atoms with Gasteiger partial charge in [0, 0.05) is 26.2 Å². The minimum Gasteiger partial charge on any atom is -0.367 e. The molecule has 1 aliphatic rings. The summed E-state index contributed by atoms with van der Waals surface area (Å²) in [5.74, 6) is 0. The van der Waals surface area contributed by atoms with Crippen molar-refractivity contribution in [3.8, 4) is 0 Å². The molecule has 13 heteroatoms. The summed E-state index contributed by atoms with van der Waals surface area (Å²) in [6.07, 6.45) is -4.65. The van der Waals surface area contributed by atoms with Crippen LogP contribution in [0.1, 0.15) is 5.56 Å². The number of primary sulfonamides is 1. The molecule has 170 valence electrons. The van der Waals surface area contributed by atoms with Gasteiger partial charge in [0.2, 0.25) is 10.0 Å². The van der Waals surface area contributed by atoms with Crippen LogP contribution in [0.4, 0.5) is 24.5 Å². The molecule has 0 unspecified atom stereocenters. The lowest BCUT2D eigenvalue weighted by Crippen LogP contribution is -2.44. The van der Waals surface area contributed by atoms with Gasteiger partial charge in [0.25, 0.3) is 10.0 Å². The average molecular weight is 479 g/mol. The molecule has 1 saturated heterocycles. The standard InChI is InChI=1S/C18H21F3N4O4S2/c1-24-8-10-25(11-9-24)17-7-2-13(18(19,20)21)12-16(17)23-31(28,29)15-5-3-14(4-6-15)30(22,26)27/h2-7,12,23H,8-11H2,1H3,(H2,22,26,27). The summed E-state index contributed by atoms with van der Waals surface area (Å²) >= 11 is 0. The zero-order valence-corrected chi connectivity index (χ0v) is 18.1. The molecule has 1 heterocycles. The highest BCUT2D eigenvalue weighted by molar-refractivity contribution is 7.92. The maximum absolute atomic E-state index is 13.2. The molecule has 0 spiro atoms. The van der Waals surface area contributed by atoms with Crippen molar-refractivity contribution in [2.45, 2.75) is 16.0 Å². The summed E-state index contributed by atoms with van der Waals surface area (Å²) in [4.78, 5) is 3.25. The molecule has 2 aromatic carbocycles. The largest absolute Gasteiger partial charge is 0.416 e. The highest BCUT2D eigenvalue weighted by atomic mass is 32.2. The van der Waals surface area contributed by atoms with Gasteiger partial charge < -0.3 is 9.80 Å². The third kappa shape index (κ3) is 5.47. The third-order valence-corrected chi connectivity index (χ3v) is 7.19. The fraction of sp³-hybridized carbons (Fsp3) is 0.333. The van der Waals surface area contributed by atoms with E-state index in [2.05, 4.69) is 9.62 Å². The quantitative estimate of drug-likeness (QED) is 0.679. The number of hydrogen-bond acceptors (Lipinski definition) is 6. The van der Waals surface area contributed by atoms with E-state index in [0.717, 1.165) is 36.4 Å². The van der Waals surface area contributed by atoms with Crippen LogP contribution >= 0.6 is 0 Å². The first kappa shape index (κ1) is 23.3. The second-order valence-corrected chi connectivity index (χ2v) is 10.4. The van der Waals surface area contributed by atoms with Crippen LogP contribution in [0.5, 0.6) is 0 Å². The molecule has 3 N–H and O–H groups in total. The van der Waals surface area contributed by atoms with E-state index in [4.69, 9.17) is 5.14 Å². The maximum Gasteiger partial charge on any atom is 0.416 e. The Morgan fingerprint density at radius 3 is 1.97 bits per heavy atom. The molecule has 0 aliphatic carbocycles. The molecule has 0 amide bonds. The lowest BCUT2D eigenvalue weighted by atomic mass is 10.1. The molecule has 0 radical (unpaired) electrons. The Morgan fingerprint density at radius 1 is 0.903 bits per heavy atom. The van der Waals surface area contributed by atoms with Gasteiger partial charge in [-0.25, -0.2) is 22.0 Å². The van der Waals surface area contributed by atoms with E-state index < -0.39 is 31.8 Å². The van der Waals surface area contributed by atoms with Crippen LogP contribution in [0.25, 0.3) is 0 Å². The van der Waals surface area contributed by atoms with Gasteiger partial charge in [0.1, 0.15) is 0 Å². The van der Waals surface area contributed by atoms with Gasteiger partial charge >= 0.3 is 6.18 Å². The maximum atomic E-state index is 13.2. The number of likely N-dealkylation sites (N-methyl/N-ethyl adjacent to an activating group) is 1. The van der Waals surface area contributed by atoms with Crippen molar-refractivity contribution in [1.82, 2.24) is 4.90 Å². The number of benzene rings is 2. The summed E-state index contributed by atoms with van der Waals surface area (Å²) in [5, 5.41) is 5.00. The zero-order valence-electron chi connectivity index (χ0n) is 16.4. The second kappa shape index (κ2) is 8.30. The van der Waals surface area contributed by atoms with Crippen molar-refractivity contribution in [3.63, 3.8) is 0 Å². The fourth-order valence-corrected chi connectivity index (χ4v) is 4.71. The van der Waals surface area contributed by atoms with E-state index in [9.17, 15) is 30.0 Å². The molecular weight excluding hydrogens is 457 g/mol. The normalized spacial score (nSPS) is 16.4. The van der Waals surface area contributed by atoms with Gasteiger partial charge in [-0.1, -0.05) is 0 Å². The number of alkyl halides is 3. The van der Waals surface area contributed by atoms with E-state index in [1.165, 1.54) is 6.07 Å². The van der Waals surface area contributed by atoms with Gasteiger partial charge in [-0.2, -0.15) is 13.2 Å². The molecule has 1 aliphatic heterocycles. The molecule has 0 atom stereocenters. The number of nitrogens with one attached hydrogen (secondary N) is 1. The molecular formula is C18H21F3N4O4S2. The highest BCUT2D eigenvalue weighted by Gasteiger charge is 2.32. The smallest absolute Gasteiger partial charge is 0.367 e. The monoisotopic (exact) mass is 478 g/mol. The van der Waals surface area contributed by atoms with Crippen molar-refractivity contribution < 1.29 is 30.0 Å². The summed E-state index contributed by atoms with van der Waals surface area (Å²) in [5.41, 5.74) is -0.881. The van der Waals surface area contributed by atoms with Crippen LogP contribution in [0.15, 0.2) is 52.3 Å². The fourth-order valence-electron chi connectivity index (χ4n) is 3.13. The van der Waals surface area contributed by atoms with E-state index >= 15 is 0 Å². The SMILES string of the molecule is CN1CCN(c2ccc(C(F)(F)F)cc2NS(=O)(=O)c2ccc(S(N)(=O)=O)cc2)CC1. The molecule has 31 heavy (non-hydrogen) atoms. The second-order valence-electron chi connectivity index (χ2n) is 7.14. The van der Waals surface area contributed by atoms with Crippen molar-refractivity contribution >= 4 is 31.4 Å². The van der Waals surface area contributed by atoms with Crippen LogP contribution in [-0.2, 0) is 26.2 Å². The summed E-state index contributed by atoms with van der Waals surface area (Å²) < 4.78 is 90.3. The first-order chi connectivity index (χ1) is 14.3. The number of piperazine rings is 1. The van der Waals surface area contributed by atoms with Crippen molar-refractivity contribution in [3.05, 3.63) is 48.0 Å². The minimum atomic E-state index is -4.65. The summed E-state index contributed by atoms with van der Waals surface area (Å²) in [7, 11) is -6.41. The Morgan fingerprint density at radius 2 is 1.45 bits per heavy atom. The van der Waals surface area contributed by atoms with Gasteiger partial charge in [-0.15, -0.1) is 0 Å². The van der Waals surface area contributed by atoms with E-state index in [-0.39, 0.29) is 15.5 Å². The van der Waals surface area contributed by atoms with Crippen LogP contribution < -0.4 is 14.8 Å². The Labute approximate surface area is 178 Å². The lowest BCUT2D eigenvalue weighted by Gasteiger charge is -2.35. The Hall–Kier alpha value is -2.35. The van der Waals surface area contributed by atoms with Crippen LogP contribution in [0, 0.1) is 0 Å². The molecule has 0 aromatic heterocycles. The number of sulfonamides is 2. The minimum absolute atomic E-state index is 0.213. The van der Waals surface area contributed by atoms with Crippen molar-refractivity contribution in [2.75, 3.05) is 42.8 Å². The van der Waals surface area contributed by atoms with E-state index in [1.54, 1.807) is 0 Å². The van der Waals surface area contributed by atoms with Gasteiger partial charge in [0.15, 0.2) is 0 Å². The van der Waals surface area contributed by atoms with Crippen LogP contribution in [-0.4, -0.2) is 55.0 Å². The first-order valence-corrected chi connectivity index (χ1v) is 12.1. The molecule has 1 fully saturated rings. The molecule has 3 rings (SSSR count). The Kier molecular flexibility index (Phi) is 6.24. The predicted molar refractivity (Wildman–Crippen MR) is 110 cm³/mol. The van der Waals surface area contributed by atoms with Crippen molar-refractivity contribution in [1.29, 1.82) is 0 Å². The lowest BCUT2D eigenvalue weighted by molar-refractivity contribution is -0.137. The number of rotatable bonds is 5. The molecule has 0 bridgehead atoms. The zero-order chi connectivity index (χ0) is 23.0. The summed E-state index contributed by atoms with van der Waals surface area (Å²) in [6, 6.07) is 6.97. The van der Waals surface area contributed by atoms with Crippen molar-refractivity contribution in [2.24, 2.45) is 5.14 Å².